The highest BCUT2D eigenvalue weighted by Gasteiger charge is 2.48. The van der Waals surface area contributed by atoms with E-state index in [9.17, 15) is 0 Å². The molecule has 15 rings (SSSR count). The van der Waals surface area contributed by atoms with Crippen LogP contribution in [0.4, 0.5) is 34.1 Å². The second kappa shape index (κ2) is 21.4. The lowest BCUT2D eigenvalue weighted by molar-refractivity contribution is 0.590. The van der Waals surface area contributed by atoms with Crippen LogP contribution in [0.25, 0.3) is 89.0 Å². The molecule has 0 saturated carbocycles. The third-order valence-corrected chi connectivity index (χ3v) is 17.4. The van der Waals surface area contributed by atoms with Crippen LogP contribution < -0.4 is 26.2 Å². The molecule has 0 bridgehead atoms. The van der Waals surface area contributed by atoms with Crippen molar-refractivity contribution < 1.29 is 0 Å². The summed E-state index contributed by atoms with van der Waals surface area (Å²) in [5.41, 5.74) is 30.2. The van der Waals surface area contributed by atoms with Crippen LogP contribution in [-0.2, 0) is 5.41 Å². The molecule has 0 unspecified atom stereocenters. The Morgan fingerprint density at radius 2 is 0.471 bits per heavy atom. The highest BCUT2D eigenvalue weighted by Crippen LogP contribution is 2.55. The highest BCUT2D eigenvalue weighted by molar-refractivity contribution is 7.02. The molecule has 85 heavy (non-hydrogen) atoms. The SMILES string of the molecule is CC(C)(C)c1cc2c3c(c1)N(c1c(-c4ccccc4)cccc1-c1ccccc1)c1cc(-c4ccccc4)cc(-c4ccccc4)c1B3c1c(-c3ccccc3)cc(-c3ccccc3)cc1N2c1c(-c2ccccc2)cccc1-c1ccccc1. The molecule has 0 aliphatic carbocycles. The first-order valence-corrected chi connectivity index (χ1v) is 29.7. The fourth-order valence-corrected chi connectivity index (χ4v) is 13.4. The van der Waals surface area contributed by atoms with E-state index >= 15 is 0 Å². The Kier molecular flexibility index (Phi) is 12.9. The van der Waals surface area contributed by atoms with E-state index in [2.05, 4.69) is 346 Å². The average Bonchev–Trinajstić information content (AvgIpc) is 1.07. The van der Waals surface area contributed by atoms with Crippen LogP contribution in [0.1, 0.15) is 26.3 Å². The van der Waals surface area contributed by atoms with Crippen molar-refractivity contribution in [1.29, 1.82) is 0 Å². The van der Waals surface area contributed by atoms with Crippen molar-refractivity contribution in [2.45, 2.75) is 26.2 Å². The zero-order valence-corrected chi connectivity index (χ0v) is 48.0. The summed E-state index contributed by atoms with van der Waals surface area (Å²) in [6.07, 6.45) is 0. The van der Waals surface area contributed by atoms with Gasteiger partial charge in [-0.1, -0.05) is 300 Å². The van der Waals surface area contributed by atoms with E-state index in [1.165, 1.54) is 44.2 Å². The Morgan fingerprint density at radius 1 is 0.224 bits per heavy atom. The number of benzene rings is 13. The first-order valence-electron chi connectivity index (χ1n) is 29.7. The molecule has 2 nitrogen and oxygen atoms in total. The number of para-hydroxylation sites is 2. The van der Waals surface area contributed by atoms with Crippen LogP contribution in [0.15, 0.2) is 315 Å². The summed E-state index contributed by atoms with van der Waals surface area (Å²) < 4.78 is 0. The van der Waals surface area contributed by atoms with Gasteiger partial charge in [0.25, 0.3) is 6.71 Å². The van der Waals surface area contributed by atoms with Gasteiger partial charge in [-0.2, -0.15) is 0 Å². The van der Waals surface area contributed by atoms with Gasteiger partial charge in [0.2, 0.25) is 0 Å². The quantitative estimate of drug-likeness (QED) is 0.126. The third-order valence-electron chi connectivity index (χ3n) is 17.4. The molecule has 13 aromatic carbocycles. The Labute approximate surface area is 500 Å². The van der Waals surface area contributed by atoms with Crippen LogP contribution in [0.5, 0.6) is 0 Å². The second-order valence-electron chi connectivity index (χ2n) is 23.5. The number of rotatable bonds is 10. The predicted octanol–water partition coefficient (Wildman–Crippen LogP) is 20.4. The van der Waals surface area contributed by atoms with Crippen molar-refractivity contribution >= 4 is 57.2 Å². The fourth-order valence-electron chi connectivity index (χ4n) is 13.4. The van der Waals surface area contributed by atoms with E-state index in [0.29, 0.717) is 0 Å². The minimum Gasteiger partial charge on any atom is -0.310 e. The van der Waals surface area contributed by atoms with E-state index in [1.54, 1.807) is 0 Å². The van der Waals surface area contributed by atoms with Gasteiger partial charge in [0.15, 0.2) is 0 Å². The maximum Gasteiger partial charge on any atom is 0.253 e. The molecule has 0 N–H and O–H groups in total. The van der Waals surface area contributed by atoms with E-state index in [0.717, 1.165) is 101 Å². The average molecular weight is 1090 g/mol. The van der Waals surface area contributed by atoms with Crippen molar-refractivity contribution in [3.05, 3.63) is 321 Å². The molecular formula is C82H61BN2. The molecule has 2 heterocycles. The standard InChI is InChI=1S/C82H61BN2/c1-82(2,3)66-54-75-79-76(55-66)85(81-69(60-38-20-8-21-39-60)48-29-49-70(81)61-40-22-9-23-41-61)74-53-65(57-32-14-5-15-33-57)51-72(63-44-26-11-27-45-63)78(74)83(79)77-71(62-42-24-10-25-43-62)50-64(56-30-12-4-13-31-56)52-73(77)84(75)80-67(58-34-16-6-17-35-58)46-28-47-68(80)59-36-18-7-19-37-59/h4-55H,1-3H3. The molecule has 0 amide bonds. The zero-order valence-electron chi connectivity index (χ0n) is 48.0. The molecular weight excluding hydrogens is 1020 g/mol. The van der Waals surface area contributed by atoms with Crippen LogP contribution in [0, 0.1) is 0 Å². The van der Waals surface area contributed by atoms with Crippen molar-refractivity contribution in [3.8, 4) is 89.0 Å². The largest absolute Gasteiger partial charge is 0.310 e. The Balaban J connectivity index is 1.20. The summed E-state index contributed by atoms with van der Waals surface area (Å²) in [6.45, 7) is 6.86. The second-order valence-corrected chi connectivity index (χ2v) is 23.5. The number of fused-ring (bicyclic) bond motifs is 4. The molecule has 2 aliphatic heterocycles. The summed E-state index contributed by atoms with van der Waals surface area (Å²) >= 11 is 0. The van der Waals surface area contributed by atoms with Gasteiger partial charge in [-0.05, 0) is 131 Å². The van der Waals surface area contributed by atoms with Gasteiger partial charge in [-0.25, -0.2) is 0 Å². The van der Waals surface area contributed by atoms with Gasteiger partial charge in [-0.3, -0.25) is 0 Å². The third kappa shape index (κ3) is 9.08. The van der Waals surface area contributed by atoms with Crippen molar-refractivity contribution in [2.24, 2.45) is 0 Å². The zero-order chi connectivity index (χ0) is 57.0. The van der Waals surface area contributed by atoms with Crippen molar-refractivity contribution in [1.82, 2.24) is 0 Å². The van der Waals surface area contributed by atoms with Gasteiger partial charge >= 0.3 is 0 Å². The van der Waals surface area contributed by atoms with Gasteiger partial charge in [-0.15, -0.1) is 0 Å². The maximum atomic E-state index is 2.70. The van der Waals surface area contributed by atoms with E-state index < -0.39 is 0 Å². The molecule has 2 aliphatic rings. The highest BCUT2D eigenvalue weighted by atomic mass is 15.2. The molecule has 3 heteroatoms. The number of hydrogen-bond acceptors (Lipinski definition) is 2. The number of anilines is 6. The lowest BCUT2D eigenvalue weighted by Gasteiger charge is -2.47. The first kappa shape index (κ1) is 51.4. The van der Waals surface area contributed by atoms with E-state index in [4.69, 9.17) is 0 Å². The Morgan fingerprint density at radius 3 is 0.741 bits per heavy atom. The molecule has 0 fully saturated rings. The molecule has 0 aromatic heterocycles. The summed E-state index contributed by atoms with van der Waals surface area (Å²) in [4.78, 5) is 5.41. The van der Waals surface area contributed by atoms with E-state index in [-0.39, 0.29) is 12.1 Å². The lowest BCUT2D eigenvalue weighted by atomic mass is 9.31. The molecule has 0 spiro atoms. The molecule has 0 atom stereocenters. The lowest BCUT2D eigenvalue weighted by Crippen LogP contribution is -2.62. The minimum atomic E-state index is -0.288. The molecule has 13 aromatic rings. The van der Waals surface area contributed by atoms with Gasteiger partial charge < -0.3 is 9.80 Å². The first-order chi connectivity index (χ1) is 41.9. The maximum absolute atomic E-state index is 2.70. The van der Waals surface area contributed by atoms with Gasteiger partial charge in [0.1, 0.15) is 0 Å². The predicted molar refractivity (Wildman–Crippen MR) is 363 cm³/mol. The van der Waals surface area contributed by atoms with Gasteiger partial charge in [0.05, 0.1) is 11.4 Å². The molecule has 402 valence electrons. The van der Waals surface area contributed by atoms with Crippen LogP contribution in [-0.4, -0.2) is 6.71 Å². The fraction of sp³-hybridized carbons (Fsp3) is 0.0488. The Bertz CT molecular complexity index is 4180. The summed E-state index contributed by atoms with van der Waals surface area (Å²) in [7, 11) is 0. The smallest absolute Gasteiger partial charge is 0.253 e. The van der Waals surface area contributed by atoms with Gasteiger partial charge in [0, 0.05) is 45.0 Å². The van der Waals surface area contributed by atoms with Crippen molar-refractivity contribution in [2.75, 3.05) is 9.80 Å². The minimum absolute atomic E-state index is 0.273. The normalized spacial score (nSPS) is 12.3. The number of nitrogens with zero attached hydrogens (tertiary/aromatic N) is 2. The summed E-state index contributed by atoms with van der Waals surface area (Å²) in [5, 5.41) is 0. The summed E-state index contributed by atoms with van der Waals surface area (Å²) in [6, 6.07) is 117. The van der Waals surface area contributed by atoms with E-state index in [1.807, 2.05) is 0 Å². The number of hydrogen-bond donors (Lipinski definition) is 0. The van der Waals surface area contributed by atoms with Crippen LogP contribution >= 0.6 is 0 Å². The van der Waals surface area contributed by atoms with Crippen LogP contribution in [0.3, 0.4) is 0 Å². The molecule has 0 radical (unpaired) electrons. The topological polar surface area (TPSA) is 6.48 Å². The van der Waals surface area contributed by atoms with Crippen molar-refractivity contribution in [3.63, 3.8) is 0 Å². The van der Waals surface area contributed by atoms with Crippen LogP contribution in [0.2, 0.25) is 0 Å². The Hall–Kier alpha value is -10.5. The molecule has 0 saturated heterocycles. The summed E-state index contributed by atoms with van der Waals surface area (Å²) in [5.74, 6) is 0. The monoisotopic (exact) mass is 1080 g/mol.